The molecule has 0 saturated heterocycles. The molecule has 0 radical (unpaired) electrons. The van der Waals surface area contributed by atoms with Gasteiger partial charge in [-0.2, -0.15) is 0 Å². The molecule has 2 N–H and O–H groups in total. The predicted molar refractivity (Wildman–Crippen MR) is 123 cm³/mol. The van der Waals surface area contributed by atoms with Crippen LogP contribution in [0.15, 0.2) is 65.6 Å². The van der Waals surface area contributed by atoms with Crippen molar-refractivity contribution in [1.29, 1.82) is 0 Å². The van der Waals surface area contributed by atoms with Crippen LogP contribution in [0.25, 0.3) is 0 Å². The number of sulfonamides is 1. The van der Waals surface area contributed by atoms with E-state index in [2.05, 4.69) is 10.0 Å². The zero-order chi connectivity index (χ0) is 24.2. The Morgan fingerprint density at radius 1 is 0.909 bits per heavy atom. The minimum Gasteiger partial charge on any atom is -0.452 e. The summed E-state index contributed by atoms with van der Waals surface area (Å²) in [5.74, 6) is -1.87. The lowest BCUT2D eigenvalue weighted by atomic mass is 10.2. The number of aryl methyl sites for hydroxylation is 3. The molecule has 0 fully saturated rings. The molecule has 3 aromatic rings. The summed E-state index contributed by atoms with van der Waals surface area (Å²) in [7, 11) is -3.80. The van der Waals surface area contributed by atoms with Gasteiger partial charge in [-0.25, -0.2) is 17.6 Å². The number of amides is 1. The number of hydrogen-bond acceptors (Lipinski definition) is 5. The summed E-state index contributed by atoms with van der Waals surface area (Å²) in [6.07, 6.45) is 0. The summed E-state index contributed by atoms with van der Waals surface area (Å²) >= 11 is 0. The molecule has 0 bridgehead atoms. The molecule has 0 aliphatic carbocycles. The maximum atomic E-state index is 13.3. The maximum Gasteiger partial charge on any atom is 0.338 e. The summed E-state index contributed by atoms with van der Waals surface area (Å²) in [5, 5.41) is 2.48. The predicted octanol–water partition coefficient (Wildman–Crippen LogP) is 4.35. The number of carbonyl (C=O) groups is 2. The Bertz CT molecular complexity index is 1300. The van der Waals surface area contributed by atoms with Gasteiger partial charge in [0.25, 0.3) is 15.9 Å². The van der Waals surface area contributed by atoms with Gasteiger partial charge in [-0.05, 0) is 79.9 Å². The topological polar surface area (TPSA) is 102 Å². The SMILES string of the molecule is Cc1ccc(C)c(S(=O)(=O)Nc2ccc(C(=O)OCC(=O)Nc3cc(F)ccc3C)cc2)c1. The Labute approximate surface area is 191 Å². The van der Waals surface area contributed by atoms with Gasteiger partial charge in [0.15, 0.2) is 6.61 Å². The third-order valence-electron chi connectivity index (χ3n) is 4.81. The van der Waals surface area contributed by atoms with Crippen molar-refractivity contribution in [2.24, 2.45) is 0 Å². The summed E-state index contributed by atoms with van der Waals surface area (Å²) < 4.78 is 46.2. The average Bonchev–Trinajstić information content (AvgIpc) is 2.76. The monoisotopic (exact) mass is 470 g/mol. The van der Waals surface area contributed by atoms with Crippen LogP contribution < -0.4 is 10.0 Å². The highest BCUT2D eigenvalue weighted by Crippen LogP contribution is 2.21. The van der Waals surface area contributed by atoms with Crippen LogP contribution in [-0.4, -0.2) is 26.9 Å². The highest BCUT2D eigenvalue weighted by molar-refractivity contribution is 7.92. The van der Waals surface area contributed by atoms with Crippen molar-refractivity contribution in [3.63, 3.8) is 0 Å². The molecule has 33 heavy (non-hydrogen) atoms. The van der Waals surface area contributed by atoms with Crippen molar-refractivity contribution >= 4 is 33.3 Å². The number of hydrogen-bond donors (Lipinski definition) is 2. The number of benzene rings is 3. The van der Waals surface area contributed by atoms with E-state index in [9.17, 15) is 22.4 Å². The van der Waals surface area contributed by atoms with Crippen LogP contribution in [0.4, 0.5) is 15.8 Å². The second kappa shape index (κ2) is 9.83. The molecule has 9 heteroatoms. The Hall–Kier alpha value is -3.72. The second-order valence-electron chi connectivity index (χ2n) is 7.54. The molecule has 0 aliphatic rings. The number of anilines is 2. The largest absolute Gasteiger partial charge is 0.452 e. The first-order chi connectivity index (χ1) is 15.5. The Balaban J connectivity index is 1.60. The van der Waals surface area contributed by atoms with Crippen molar-refractivity contribution < 1.29 is 27.1 Å². The molecular formula is C24H23FN2O5S. The zero-order valence-electron chi connectivity index (χ0n) is 18.3. The number of halogens is 1. The first kappa shape index (κ1) is 23.9. The zero-order valence-corrected chi connectivity index (χ0v) is 19.1. The molecular weight excluding hydrogens is 447 g/mol. The van der Waals surface area contributed by atoms with E-state index in [0.29, 0.717) is 11.1 Å². The lowest BCUT2D eigenvalue weighted by Crippen LogP contribution is -2.21. The van der Waals surface area contributed by atoms with E-state index in [-0.39, 0.29) is 21.8 Å². The number of ether oxygens (including phenoxy) is 1. The lowest BCUT2D eigenvalue weighted by Gasteiger charge is -2.12. The van der Waals surface area contributed by atoms with Crippen LogP contribution in [-0.2, 0) is 19.6 Å². The van der Waals surface area contributed by atoms with Gasteiger partial charge in [0, 0.05) is 11.4 Å². The number of esters is 1. The summed E-state index contributed by atoms with van der Waals surface area (Å²) in [6, 6.07) is 14.7. The van der Waals surface area contributed by atoms with Crippen LogP contribution in [0.3, 0.4) is 0 Å². The number of rotatable bonds is 7. The average molecular weight is 471 g/mol. The minimum absolute atomic E-state index is 0.138. The molecule has 0 aliphatic heterocycles. The van der Waals surface area contributed by atoms with Crippen molar-refractivity contribution in [2.75, 3.05) is 16.6 Å². The van der Waals surface area contributed by atoms with Crippen molar-refractivity contribution in [1.82, 2.24) is 0 Å². The van der Waals surface area contributed by atoms with Gasteiger partial charge in [0.05, 0.1) is 10.5 Å². The van der Waals surface area contributed by atoms with Crippen LogP contribution in [0.2, 0.25) is 0 Å². The van der Waals surface area contributed by atoms with E-state index in [1.807, 2.05) is 6.07 Å². The van der Waals surface area contributed by atoms with Crippen LogP contribution in [0.1, 0.15) is 27.0 Å². The van der Waals surface area contributed by atoms with Gasteiger partial charge in [0.2, 0.25) is 0 Å². The first-order valence-electron chi connectivity index (χ1n) is 9.98. The van der Waals surface area contributed by atoms with Gasteiger partial charge in [0.1, 0.15) is 5.82 Å². The maximum absolute atomic E-state index is 13.3. The fourth-order valence-electron chi connectivity index (χ4n) is 3.01. The molecule has 1 amide bonds. The highest BCUT2D eigenvalue weighted by Gasteiger charge is 2.18. The van der Waals surface area contributed by atoms with Crippen LogP contribution in [0.5, 0.6) is 0 Å². The quantitative estimate of drug-likeness (QED) is 0.500. The van der Waals surface area contributed by atoms with Crippen molar-refractivity contribution in [3.8, 4) is 0 Å². The van der Waals surface area contributed by atoms with Gasteiger partial charge < -0.3 is 10.1 Å². The van der Waals surface area contributed by atoms with Crippen LogP contribution >= 0.6 is 0 Å². The Morgan fingerprint density at radius 3 is 2.27 bits per heavy atom. The molecule has 0 spiro atoms. The van der Waals surface area contributed by atoms with Gasteiger partial charge in [-0.15, -0.1) is 0 Å². The van der Waals surface area contributed by atoms with E-state index in [0.717, 1.165) is 5.56 Å². The molecule has 0 aromatic heterocycles. The highest BCUT2D eigenvalue weighted by atomic mass is 32.2. The van der Waals surface area contributed by atoms with E-state index in [4.69, 9.17) is 4.74 Å². The van der Waals surface area contributed by atoms with Crippen molar-refractivity contribution in [2.45, 2.75) is 25.7 Å². The number of nitrogens with one attached hydrogen (secondary N) is 2. The minimum atomic E-state index is -3.80. The van der Waals surface area contributed by atoms with Gasteiger partial charge in [-0.1, -0.05) is 18.2 Å². The molecule has 0 atom stereocenters. The van der Waals surface area contributed by atoms with Gasteiger partial charge >= 0.3 is 5.97 Å². The second-order valence-corrected chi connectivity index (χ2v) is 9.19. The Kier molecular flexibility index (Phi) is 7.13. The third-order valence-corrected chi connectivity index (χ3v) is 6.34. The van der Waals surface area contributed by atoms with E-state index in [1.165, 1.54) is 42.5 Å². The van der Waals surface area contributed by atoms with Gasteiger partial charge in [-0.3, -0.25) is 9.52 Å². The molecule has 0 unspecified atom stereocenters. The van der Waals surface area contributed by atoms with Crippen LogP contribution in [0, 0.1) is 26.6 Å². The molecule has 0 saturated carbocycles. The van der Waals surface area contributed by atoms with E-state index < -0.39 is 34.3 Å². The van der Waals surface area contributed by atoms with E-state index in [1.54, 1.807) is 32.9 Å². The smallest absolute Gasteiger partial charge is 0.338 e. The molecule has 0 heterocycles. The summed E-state index contributed by atoms with van der Waals surface area (Å²) in [6.45, 7) is 4.66. The fourth-order valence-corrected chi connectivity index (χ4v) is 4.40. The molecule has 3 rings (SSSR count). The summed E-state index contributed by atoms with van der Waals surface area (Å²) in [5.41, 5.74) is 2.79. The summed E-state index contributed by atoms with van der Waals surface area (Å²) in [4.78, 5) is 24.4. The van der Waals surface area contributed by atoms with E-state index >= 15 is 0 Å². The lowest BCUT2D eigenvalue weighted by molar-refractivity contribution is -0.119. The molecule has 3 aromatic carbocycles. The Morgan fingerprint density at radius 2 is 1.58 bits per heavy atom. The molecule has 7 nitrogen and oxygen atoms in total. The molecule has 172 valence electrons. The van der Waals surface area contributed by atoms with Crippen molar-refractivity contribution in [3.05, 3.63) is 88.7 Å². The third kappa shape index (κ3) is 6.17. The normalized spacial score (nSPS) is 11.0. The first-order valence-corrected chi connectivity index (χ1v) is 11.5. The number of carbonyl (C=O) groups excluding carboxylic acids is 2. The standard InChI is InChI=1S/C24H23FN2O5S/c1-15-4-5-17(3)22(12-15)33(30,31)27-20-10-7-18(8-11-20)24(29)32-14-23(28)26-21-13-19(25)9-6-16(21)2/h4-13,27H,14H2,1-3H3,(H,26,28). The fraction of sp³-hybridized carbons (Fsp3) is 0.167.